The Hall–Kier alpha value is -0.980. The minimum absolute atomic E-state index is 0.332. The Bertz CT molecular complexity index is 354. The lowest BCUT2D eigenvalue weighted by Crippen LogP contribution is -2.27. The van der Waals surface area contributed by atoms with Crippen LogP contribution in [-0.2, 0) is 11.3 Å². The van der Waals surface area contributed by atoms with E-state index in [1.807, 2.05) is 19.5 Å². The maximum Gasteiger partial charge on any atom is 0.367 e. The summed E-state index contributed by atoms with van der Waals surface area (Å²) in [5.74, 6) is -0.332. The SMILES string of the molecule is CCOC(=O)c1nc(CN(C)CCNC)cs1. The lowest BCUT2D eigenvalue weighted by molar-refractivity contribution is 0.0525. The molecule has 0 spiro atoms. The Morgan fingerprint density at radius 3 is 3.06 bits per heavy atom. The largest absolute Gasteiger partial charge is 0.461 e. The van der Waals surface area contributed by atoms with Crippen molar-refractivity contribution in [3.8, 4) is 0 Å². The van der Waals surface area contributed by atoms with Gasteiger partial charge in [-0.25, -0.2) is 9.78 Å². The number of rotatable bonds is 7. The van der Waals surface area contributed by atoms with E-state index in [1.165, 1.54) is 11.3 Å². The van der Waals surface area contributed by atoms with Gasteiger partial charge in [0.15, 0.2) is 0 Å². The fraction of sp³-hybridized carbons (Fsp3) is 0.636. The van der Waals surface area contributed by atoms with Gasteiger partial charge in [-0.05, 0) is 21.0 Å². The second-order valence-electron chi connectivity index (χ2n) is 3.71. The second-order valence-corrected chi connectivity index (χ2v) is 4.56. The van der Waals surface area contributed by atoms with Crippen molar-refractivity contribution in [3.63, 3.8) is 0 Å². The first-order valence-electron chi connectivity index (χ1n) is 5.62. The van der Waals surface area contributed by atoms with E-state index in [1.54, 1.807) is 6.92 Å². The normalized spacial score (nSPS) is 10.8. The summed E-state index contributed by atoms with van der Waals surface area (Å²) in [6.45, 7) is 4.81. The molecule has 0 fully saturated rings. The van der Waals surface area contributed by atoms with E-state index in [2.05, 4.69) is 15.2 Å². The van der Waals surface area contributed by atoms with Crippen molar-refractivity contribution in [3.05, 3.63) is 16.1 Å². The van der Waals surface area contributed by atoms with Gasteiger partial charge in [-0.2, -0.15) is 0 Å². The molecular weight excluding hydrogens is 238 g/mol. The highest BCUT2D eigenvalue weighted by molar-refractivity contribution is 7.11. The molecule has 0 radical (unpaired) electrons. The molecule has 0 unspecified atom stereocenters. The lowest BCUT2D eigenvalue weighted by Gasteiger charge is -2.14. The van der Waals surface area contributed by atoms with Gasteiger partial charge >= 0.3 is 5.97 Å². The maximum absolute atomic E-state index is 11.4. The van der Waals surface area contributed by atoms with Crippen LogP contribution in [0.1, 0.15) is 22.4 Å². The van der Waals surface area contributed by atoms with Crippen molar-refractivity contribution in [2.45, 2.75) is 13.5 Å². The topological polar surface area (TPSA) is 54.5 Å². The Morgan fingerprint density at radius 2 is 2.41 bits per heavy atom. The molecule has 1 heterocycles. The van der Waals surface area contributed by atoms with E-state index in [0.29, 0.717) is 11.6 Å². The molecule has 1 rings (SSSR count). The first kappa shape index (κ1) is 14.1. The zero-order chi connectivity index (χ0) is 12.7. The Balaban J connectivity index is 2.47. The van der Waals surface area contributed by atoms with E-state index in [-0.39, 0.29) is 5.97 Å². The number of hydrogen-bond donors (Lipinski definition) is 1. The summed E-state index contributed by atoms with van der Waals surface area (Å²) < 4.78 is 4.90. The highest BCUT2D eigenvalue weighted by Gasteiger charge is 2.12. The van der Waals surface area contributed by atoms with E-state index in [9.17, 15) is 4.79 Å². The van der Waals surface area contributed by atoms with Gasteiger partial charge in [0.25, 0.3) is 0 Å². The van der Waals surface area contributed by atoms with Crippen LogP contribution in [0.15, 0.2) is 5.38 Å². The number of nitrogens with one attached hydrogen (secondary N) is 1. The predicted molar refractivity (Wildman–Crippen MR) is 68.3 cm³/mol. The smallest absolute Gasteiger partial charge is 0.367 e. The minimum atomic E-state index is -0.332. The van der Waals surface area contributed by atoms with Gasteiger partial charge in [0.05, 0.1) is 12.3 Å². The number of aromatic nitrogens is 1. The molecule has 0 aromatic carbocycles. The molecule has 0 saturated carbocycles. The zero-order valence-corrected chi connectivity index (χ0v) is 11.3. The molecular formula is C11H19N3O2S. The van der Waals surface area contributed by atoms with Crippen LogP contribution in [0, 0.1) is 0 Å². The Kier molecular flexibility index (Phi) is 6.10. The van der Waals surface area contributed by atoms with Gasteiger partial charge < -0.3 is 10.1 Å². The van der Waals surface area contributed by atoms with E-state index in [4.69, 9.17) is 4.74 Å². The van der Waals surface area contributed by atoms with E-state index < -0.39 is 0 Å². The van der Waals surface area contributed by atoms with Crippen molar-refractivity contribution in [2.75, 3.05) is 33.8 Å². The zero-order valence-electron chi connectivity index (χ0n) is 10.5. The summed E-state index contributed by atoms with van der Waals surface area (Å²) in [4.78, 5) is 17.8. The number of hydrogen-bond acceptors (Lipinski definition) is 6. The van der Waals surface area contributed by atoms with Gasteiger partial charge in [-0.15, -0.1) is 11.3 Å². The molecule has 5 nitrogen and oxygen atoms in total. The van der Waals surface area contributed by atoms with Crippen molar-refractivity contribution in [1.29, 1.82) is 0 Å². The lowest BCUT2D eigenvalue weighted by atomic mass is 10.4. The van der Waals surface area contributed by atoms with Crippen molar-refractivity contribution < 1.29 is 9.53 Å². The van der Waals surface area contributed by atoms with Crippen LogP contribution >= 0.6 is 11.3 Å². The molecule has 96 valence electrons. The first-order chi connectivity index (χ1) is 8.17. The number of likely N-dealkylation sites (N-methyl/N-ethyl adjacent to an activating group) is 2. The van der Waals surface area contributed by atoms with Gasteiger partial charge in [0.2, 0.25) is 5.01 Å². The third-order valence-corrected chi connectivity index (χ3v) is 3.05. The highest BCUT2D eigenvalue weighted by atomic mass is 32.1. The second kappa shape index (κ2) is 7.37. The third-order valence-electron chi connectivity index (χ3n) is 2.18. The standard InChI is InChI=1S/C11H19N3O2S/c1-4-16-11(15)10-13-9(8-17-10)7-14(3)6-5-12-2/h8,12H,4-7H2,1-3H3. The van der Waals surface area contributed by atoms with Gasteiger partial charge in [0.1, 0.15) is 0 Å². The molecule has 0 saturated heterocycles. The molecule has 0 aliphatic carbocycles. The maximum atomic E-state index is 11.4. The van der Waals surface area contributed by atoms with E-state index in [0.717, 1.165) is 25.3 Å². The van der Waals surface area contributed by atoms with Crippen molar-refractivity contribution in [1.82, 2.24) is 15.2 Å². The highest BCUT2D eigenvalue weighted by Crippen LogP contribution is 2.12. The molecule has 1 N–H and O–H groups in total. The van der Waals surface area contributed by atoms with Crippen LogP contribution in [0.3, 0.4) is 0 Å². The third kappa shape index (κ3) is 4.80. The molecule has 1 aromatic rings. The molecule has 0 atom stereocenters. The summed E-state index contributed by atoms with van der Waals surface area (Å²) in [7, 11) is 3.95. The quantitative estimate of drug-likeness (QED) is 0.738. The van der Waals surface area contributed by atoms with Crippen LogP contribution in [-0.4, -0.2) is 49.6 Å². The van der Waals surface area contributed by atoms with Crippen molar-refractivity contribution in [2.24, 2.45) is 0 Å². The molecule has 0 amide bonds. The molecule has 0 aliphatic heterocycles. The van der Waals surface area contributed by atoms with Crippen molar-refractivity contribution >= 4 is 17.3 Å². The fourth-order valence-corrected chi connectivity index (χ4v) is 2.02. The molecule has 0 bridgehead atoms. The summed E-state index contributed by atoms with van der Waals surface area (Å²) >= 11 is 1.34. The summed E-state index contributed by atoms with van der Waals surface area (Å²) in [5, 5.41) is 5.43. The van der Waals surface area contributed by atoms with Crippen LogP contribution < -0.4 is 5.32 Å². The average molecular weight is 257 g/mol. The summed E-state index contributed by atoms with van der Waals surface area (Å²) in [6, 6.07) is 0. The number of thiazole rings is 1. The van der Waals surface area contributed by atoms with Crippen LogP contribution in [0.25, 0.3) is 0 Å². The number of carbonyl (C=O) groups excluding carboxylic acids is 1. The molecule has 1 aromatic heterocycles. The minimum Gasteiger partial charge on any atom is -0.461 e. The van der Waals surface area contributed by atoms with Gasteiger partial charge in [0, 0.05) is 25.0 Å². The number of esters is 1. The molecule has 17 heavy (non-hydrogen) atoms. The van der Waals surface area contributed by atoms with Crippen LogP contribution in [0.4, 0.5) is 0 Å². The average Bonchev–Trinajstić information content (AvgIpc) is 2.75. The van der Waals surface area contributed by atoms with E-state index >= 15 is 0 Å². The van der Waals surface area contributed by atoms with Gasteiger partial charge in [-0.3, -0.25) is 4.90 Å². The number of ether oxygens (including phenoxy) is 1. The monoisotopic (exact) mass is 257 g/mol. The Labute approximate surface area is 106 Å². The fourth-order valence-electron chi connectivity index (χ4n) is 1.32. The summed E-state index contributed by atoms with van der Waals surface area (Å²) in [6.07, 6.45) is 0. The van der Waals surface area contributed by atoms with Crippen LogP contribution in [0.5, 0.6) is 0 Å². The molecule has 6 heteroatoms. The number of carbonyl (C=O) groups is 1. The number of nitrogens with zero attached hydrogens (tertiary/aromatic N) is 2. The Morgan fingerprint density at radius 1 is 1.65 bits per heavy atom. The summed E-state index contributed by atoms with van der Waals surface area (Å²) in [5.41, 5.74) is 0.914. The van der Waals surface area contributed by atoms with Crippen LogP contribution in [0.2, 0.25) is 0 Å². The first-order valence-corrected chi connectivity index (χ1v) is 6.50. The molecule has 0 aliphatic rings. The van der Waals surface area contributed by atoms with Gasteiger partial charge in [-0.1, -0.05) is 0 Å². The predicted octanol–water partition coefficient (Wildman–Crippen LogP) is 0.971.